The second-order valence-corrected chi connectivity index (χ2v) is 10.3. The molecule has 0 unspecified atom stereocenters. The lowest BCUT2D eigenvalue weighted by Crippen LogP contribution is -2.32. The molecule has 27 heavy (non-hydrogen) atoms. The Kier molecular flexibility index (Phi) is 5.16. The fourth-order valence-electron chi connectivity index (χ4n) is 3.64. The largest absolute Gasteiger partial charge is 0.370 e. The van der Waals surface area contributed by atoms with E-state index in [2.05, 4.69) is 39.6 Å². The SMILES string of the molecule is CCCc1nc2sc3c(SCC(C)C)ncnc3c2c2c1COC(C)(C)C2. The zero-order chi connectivity index (χ0) is 19.2. The molecule has 0 bridgehead atoms. The number of pyridine rings is 1. The molecule has 0 aliphatic carbocycles. The van der Waals surface area contributed by atoms with Gasteiger partial charge in [-0.15, -0.1) is 23.1 Å². The second kappa shape index (κ2) is 7.30. The van der Waals surface area contributed by atoms with Crippen molar-refractivity contribution in [3.05, 3.63) is 23.1 Å². The number of nitrogens with zero attached hydrogens (tertiary/aromatic N) is 3. The summed E-state index contributed by atoms with van der Waals surface area (Å²) in [6.45, 7) is 11.7. The lowest BCUT2D eigenvalue weighted by molar-refractivity contribution is -0.0401. The minimum atomic E-state index is -0.152. The first kappa shape index (κ1) is 19.1. The van der Waals surface area contributed by atoms with Crippen molar-refractivity contribution >= 4 is 43.5 Å². The molecule has 6 heteroatoms. The van der Waals surface area contributed by atoms with Crippen molar-refractivity contribution in [1.29, 1.82) is 0 Å². The molecule has 1 aliphatic rings. The molecule has 4 nitrogen and oxygen atoms in total. The molecular weight excluding hydrogens is 374 g/mol. The van der Waals surface area contributed by atoms with Crippen molar-refractivity contribution in [1.82, 2.24) is 15.0 Å². The topological polar surface area (TPSA) is 47.9 Å². The van der Waals surface area contributed by atoms with Gasteiger partial charge in [-0.05, 0) is 31.7 Å². The van der Waals surface area contributed by atoms with Gasteiger partial charge in [-0.25, -0.2) is 15.0 Å². The van der Waals surface area contributed by atoms with E-state index in [1.807, 2.05) is 11.8 Å². The van der Waals surface area contributed by atoms with Gasteiger partial charge in [0.05, 0.1) is 22.4 Å². The van der Waals surface area contributed by atoms with Gasteiger partial charge in [0.15, 0.2) is 0 Å². The van der Waals surface area contributed by atoms with Crippen LogP contribution >= 0.6 is 23.1 Å². The van der Waals surface area contributed by atoms with E-state index in [1.54, 1.807) is 17.7 Å². The van der Waals surface area contributed by atoms with E-state index in [9.17, 15) is 0 Å². The van der Waals surface area contributed by atoms with Crippen molar-refractivity contribution in [2.75, 3.05) is 5.75 Å². The molecule has 0 spiro atoms. The van der Waals surface area contributed by atoms with E-state index in [4.69, 9.17) is 14.7 Å². The molecule has 0 atom stereocenters. The number of thiophene rings is 1. The molecular formula is C21H27N3OS2. The summed E-state index contributed by atoms with van der Waals surface area (Å²) in [5.74, 6) is 1.70. The molecule has 0 saturated carbocycles. The summed E-state index contributed by atoms with van der Waals surface area (Å²) in [6, 6.07) is 0. The maximum absolute atomic E-state index is 6.13. The number of fused-ring (bicyclic) bond motifs is 5. The van der Waals surface area contributed by atoms with Crippen LogP contribution in [-0.2, 0) is 24.2 Å². The van der Waals surface area contributed by atoms with Crippen molar-refractivity contribution in [2.45, 2.75) is 71.1 Å². The summed E-state index contributed by atoms with van der Waals surface area (Å²) in [6.07, 6.45) is 4.71. The van der Waals surface area contributed by atoms with E-state index < -0.39 is 0 Å². The number of aromatic nitrogens is 3. The standard InChI is InChI=1S/C21H27N3OS2/c1-6-7-15-14-9-25-21(4,5)8-13(14)16-17-18(27-19(16)24-15)20(23-11-22-17)26-10-12(2)3/h11-12H,6-10H2,1-5H3. The van der Waals surface area contributed by atoms with Gasteiger partial charge in [0, 0.05) is 28.8 Å². The minimum Gasteiger partial charge on any atom is -0.370 e. The lowest BCUT2D eigenvalue weighted by Gasteiger charge is -2.33. The highest BCUT2D eigenvalue weighted by atomic mass is 32.2. The summed E-state index contributed by atoms with van der Waals surface area (Å²) in [5, 5.41) is 2.32. The van der Waals surface area contributed by atoms with Crippen LogP contribution in [0.15, 0.2) is 11.4 Å². The predicted molar refractivity (Wildman–Crippen MR) is 115 cm³/mol. The molecule has 0 fully saturated rings. The van der Waals surface area contributed by atoms with Gasteiger partial charge in [-0.1, -0.05) is 27.2 Å². The molecule has 4 rings (SSSR count). The van der Waals surface area contributed by atoms with Gasteiger partial charge in [0.25, 0.3) is 0 Å². The number of hydrogen-bond acceptors (Lipinski definition) is 6. The summed E-state index contributed by atoms with van der Waals surface area (Å²) in [4.78, 5) is 15.4. The first-order chi connectivity index (χ1) is 12.9. The van der Waals surface area contributed by atoms with E-state index >= 15 is 0 Å². The van der Waals surface area contributed by atoms with Crippen molar-refractivity contribution in [2.24, 2.45) is 5.92 Å². The number of aryl methyl sites for hydroxylation is 1. The van der Waals surface area contributed by atoms with E-state index in [-0.39, 0.29) is 5.60 Å². The monoisotopic (exact) mass is 401 g/mol. The average Bonchev–Trinajstić information content (AvgIpc) is 2.98. The molecule has 3 aromatic heterocycles. The summed E-state index contributed by atoms with van der Waals surface area (Å²) >= 11 is 3.59. The van der Waals surface area contributed by atoms with Crippen LogP contribution in [0.5, 0.6) is 0 Å². The van der Waals surface area contributed by atoms with Gasteiger partial charge >= 0.3 is 0 Å². The Labute approximate surface area is 169 Å². The Hall–Kier alpha value is -1.24. The zero-order valence-electron chi connectivity index (χ0n) is 16.8. The fraction of sp³-hybridized carbons (Fsp3) is 0.571. The molecule has 0 aromatic carbocycles. The maximum atomic E-state index is 6.13. The third-order valence-electron chi connectivity index (χ3n) is 4.92. The van der Waals surface area contributed by atoms with E-state index in [0.717, 1.165) is 40.4 Å². The van der Waals surface area contributed by atoms with Crippen LogP contribution in [-0.4, -0.2) is 26.3 Å². The third-order valence-corrected chi connectivity index (χ3v) is 7.55. The Balaban J connectivity index is 1.96. The van der Waals surface area contributed by atoms with Crippen molar-refractivity contribution in [3.63, 3.8) is 0 Å². The molecule has 3 aromatic rings. The van der Waals surface area contributed by atoms with Gasteiger partial charge in [0.1, 0.15) is 16.2 Å². The normalized spacial score (nSPS) is 16.4. The summed E-state index contributed by atoms with van der Waals surface area (Å²) in [7, 11) is 0. The van der Waals surface area contributed by atoms with Crippen LogP contribution in [0.4, 0.5) is 0 Å². The molecule has 1 aliphatic heterocycles. The molecule has 0 saturated heterocycles. The highest BCUT2D eigenvalue weighted by molar-refractivity contribution is 7.99. The average molecular weight is 402 g/mol. The van der Waals surface area contributed by atoms with E-state index in [1.165, 1.54) is 26.9 Å². The van der Waals surface area contributed by atoms with Gasteiger partial charge in [0.2, 0.25) is 0 Å². The number of ether oxygens (including phenoxy) is 1. The quantitative estimate of drug-likeness (QED) is 0.400. The van der Waals surface area contributed by atoms with Crippen LogP contribution in [0.1, 0.15) is 57.9 Å². The Bertz CT molecular complexity index is 994. The van der Waals surface area contributed by atoms with Crippen molar-refractivity contribution in [3.8, 4) is 0 Å². The zero-order valence-corrected chi connectivity index (χ0v) is 18.4. The predicted octanol–water partition coefficient (Wildman–Crippen LogP) is 5.79. The fourth-order valence-corrected chi connectivity index (χ4v) is 5.85. The highest BCUT2D eigenvalue weighted by Crippen LogP contribution is 2.42. The van der Waals surface area contributed by atoms with Crippen molar-refractivity contribution < 1.29 is 4.74 Å². The van der Waals surface area contributed by atoms with Gasteiger partial charge in [-0.3, -0.25) is 0 Å². The molecule has 4 heterocycles. The number of thioether (sulfide) groups is 1. The molecule has 0 N–H and O–H groups in total. The first-order valence-electron chi connectivity index (χ1n) is 9.74. The first-order valence-corrected chi connectivity index (χ1v) is 11.5. The number of hydrogen-bond donors (Lipinski definition) is 0. The van der Waals surface area contributed by atoms with Gasteiger partial charge in [-0.2, -0.15) is 0 Å². The van der Waals surface area contributed by atoms with Crippen LogP contribution in [0.2, 0.25) is 0 Å². The van der Waals surface area contributed by atoms with E-state index in [0.29, 0.717) is 12.5 Å². The van der Waals surface area contributed by atoms with Crippen LogP contribution < -0.4 is 0 Å². The molecule has 0 amide bonds. The van der Waals surface area contributed by atoms with Crippen LogP contribution in [0, 0.1) is 5.92 Å². The van der Waals surface area contributed by atoms with Crippen LogP contribution in [0.25, 0.3) is 20.4 Å². The second-order valence-electron chi connectivity index (χ2n) is 8.33. The minimum absolute atomic E-state index is 0.152. The Morgan fingerprint density at radius 3 is 2.81 bits per heavy atom. The summed E-state index contributed by atoms with van der Waals surface area (Å²) in [5.41, 5.74) is 4.80. The van der Waals surface area contributed by atoms with Gasteiger partial charge < -0.3 is 4.74 Å². The molecule has 0 radical (unpaired) electrons. The number of rotatable bonds is 5. The Morgan fingerprint density at radius 1 is 1.26 bits per heavy atom. The van der Waals surface area contributed by atoms with Crippen LogP contribution in [0.3, 0.4) is 0 Å². The third kappa shape index (κ3) is 3.59. The highest BCUT2D eigenvalue weighted by Gasteiger charge is 2.31. The summed E-state index contributed by atoms with van der Waals surface area (Å²) < 4.78 is 7.32. The Morgan fingerprint density at radius 2 is 2.07 bits per heavy atom. The lowest BCUT2D eigenvalue weighted by atomic mass is 9.88. The molecule has 144 valence electrons. The maximum Gasteiger partial charge on any atom is 0.126 e. The smallest absolute Gasteiger partial charge is 0.126 e.